The smallest absolute Gasteiger partial charge is 0.319 e. The fourth-order valence-electron chi connectivity index (χ4n) is 5.23. The van der Waals surface area contributed by atoms with Crippen LogP contribution in [-0.4, -0.2) is 38.3 Å². The Balaban J connectivity index is 1.57. The Morgan fingerprint density at radius 1 is 1.09 bits per heavy atom. The van der Waals surface area contributed by atoms with Crippen LogP contribution in [0.25, 0.3) is 5.00 Å². The van der Waals surface area contributed by atoms with Crippen molar-refractivity contribution in [2.75, 3.05) is 5.32 Å². The molecule has 0 aromatic carbocycles. The van der Waals surface area contributed by atoms with Gasteiger partial charge in [-0.2, -0.15) is 0 Å². The summed E-state index contributed by atoms with van der Waals surface area (Å²) in [6, 6.07) is 2.74. The van der Waals surface area contributed by atoms with Gasteiger partial charge in [0.1, 0.15) is 10.8 Å². The number of nitrogens with one attached hydrogen (secondary N) is 1. The second kappa shape index (κ2) is 10.6. The van der Waals surface area contributed by atoms with Crippen molar-refractivity contribution in [3.05, 3.63) is 29.7 Å². The van der Waals surface area contributed by atoms with E-state index in [-0.39, 0.29) is 18.2 Å². The number of aryl methyl sites for hydroxylation is 1. The van der Waals surface area contributed by atoms with Crippen LogP contribution in [0.5, 0.6) is 0 Å². The van der Waals surface area contributed by atoms with Crippen LogP contribution >= 0.6 is 11.3 Å². The van der Waals surface area contributed by atoms with Crippen molar-refractivity contribution in [3.8, 4) is 5.00 Å². The molecule has 7 heteroatoms. The number of urea groups is 1. The molecule has 0 saturated heterocycles. The monoisotopic (exact) mass is 456 g/mol. The zero-order chi connectivity index (χ0) is 22.5. The molecule has 0 bridgehead atoms. The van der Waals surface area contributed by atoms with E-state index in [1.165, 1.54) is 55.4 Å². The zero-order valence-electron chi connectivity index (χ0n) is 19.4. The van der Waals surface area contributed by atoms with Gasteiger partial charge >= 0.3 is 6.03 Å². The lowest BCUT2D eigenvalue weighted by molar-refractivity contribution is -0.116. The van der Waals surface area contributed by atoms with Crippen LogP contribution in [0.4, 0.5) is 9.93 Å². The maximum Gasteiger partial charge on any atom is 0.324 e. The summed E-state index contributed by atoms with van der Waals surface area (Å²) in [6.45, 7) is 3.71. The van der Waals surface area contributed by atoms with E-state index in [4.69, 9.17) is 4.98 Å². The number of carbonyl (C=O) groups is 2. The average molecular weight is 457 g/mol. The third kappa shape index (κ3) is 5.42. The van der Waals surface area contributed by atoms with E-state index < -0.39 is 0 Å². The number of amides is 2. The number of aromatic nitrogens is 2. The van der Waals surface area contributed by atoms with Crippen molar-refractivity contribution in [1.29, 1.82) is 0 Å². The topological polar surface area (TPSA) is 67.2 Å². The quantitative estimate of drug-likeness (QED) is 0.545. The number of hydrogen-bond donors (Lipinski definition) is 1. The summed E-state index contributed by atoms with van der Waals surface area (Å²) in [5.74, 6) is 0.0725. The normalized spacial score (nSPS) is 17.9. The summed E-state index contributed by atoms with van der Waals surface area (Å²) in [5.41, 5.74) is 1.97. The molecule has 0 aliphatic heterocycles. The van der Waals surface area contributed by atoms with Gasteiger partial charge < -0.3 is 9.47 Å². The minimum atomic E-state index is -0.0137. The number of ketones is 1. The molecular weight excluding hydrogens is 420 g/mol. The SMILES string of the molecule is CCc1ccn(-c2sc(NC(=O)N(C3CCCCC3)C3CCCCC3)nc2CC(C)=O)c1. The molecule has 0 atom stereocenters. The van der Waals surface area contributed by atoms with Gasteiger partial charge in [0.15, 0.2) is 5.13 Å². The standard InChI is InChI=1S/C25H36N4O2S/c1-3-19-14-15-28(17-19)23-22(16-18(2)30)26-24(32-23)27-25(31)29(20-10-6-4-7-11-20)21-12-8-5-9-13-21/h14-15,17,20-21H,3-13,16H2,1-2H3,(H,26,27,31). The van der Waals surface area contributed by atoms with Gasteiger partial charge in [0.25, 0.3) is 0 Å². The van der Waals surface area contributed by atoms with Gasteiger partial charge in [-0.1, -0.05) is 56.8 Å². The molecular formula is C25H36N4O2S. The molecule has 2 aliphatic rings. The van der Waals surface area contributed by atoms with Crippen LogP contribution in [-0.2, 0) is 17.6 Å². The number of nitrogens with zero attached hydrogens (tertiary/aromatic N) is 3. The Morgan fingerprint density at radius 3 is 2.25 bits per heavy atom. The second-order valence-corrected chi connectivity index (χ2v) is 10.3. The average Bonchev–Trinajstić information content (AvgIpc) is 3.42. The summed E-state index contributed by atoms with van der Waals surface area (Å²) in [6.07, 6.45) is 17.1. The summed E-state index contributed by atoms with van der Waals surface area (Å²) < 4.78 is 2.03. The van der Waals surface area contributed by atoms with Gasteiger partial charge in [-0.05, 0) is 50.7 Å². The van der Waals surface area contributed by atoms with Crippen molar-refractivity contribution >= 4 is 28.3 Å². The summed E-state index contributed by atoms with van der Waals surface area (Å²) in [5, 5.41) is 4.63. The molecule has 2 fully saturated rings. The van der Waals surface area contributed by atoms with Crippen molar-refractivity contribution in [1.82, 2.24) is 14.5 Å². The predicted octanol–water partition coefficient (Wildman–Crippen LogP) is 6.13. The molecule has 174 valence electrons. The van der Waals surface area contributed by atoms with Gasteiger partial charge in [0, 0.05) is 24.5 Å². The first-order valence-corrected chi connectivity index (χ1v) is 13.1. The van der Waals surface area contributed by atoms with Crippen LogP contribution in [0.15, 0.2) is 18.5 Å². The Kier molecular flexibility index (Phi) is 7.66. The second-order valence-electron chi connectivity index (χ2n) is 9.35. The molecule has 0 unspecified atom stereocenters. The van der Waals surface area contributed by atoms with Crippen molar-refractivity contribution < 1.29 is 9.59 Å². The molecule has 1 N–H and O–H groups in total. The third-order valence-corrected chi connectivity index (χ3v) is 7.90. The van der Waals surface area contributed by atoms with Crippen LogP contribution < -0.4 is 5.32 Å². The fraction of sp³-hybridized carbons (Fsp3) is 0.640. The van der Waals surface area contributed by atoms with Crippen molar-refractivity contribution in [2.24, 2.45) is 0 Å². The van der Waals surface area contributed by atoms with E-state index >= 15 is 0 Å². The maximum atomic E-state index is 13.5. The molecule has 2 aromatic rings. The number of rotatable bonds is 7. The first-order valence-electron chi connectivity index (χ1n) is 12.3. The lowest BCUT2D eigenvalue weighted by Gasteiger charge is -2.41. The highest BCUT2D eigenvalue weighted by Gasteiger charge is 2.33. The van der Waals surface area contributed by atoms with E-state index in [9.17, 15) is 9.59 Å². The molecule has 2 aromatic heterocycles. The Hall–Kier alpha value is -2.15. The van der Waals surface area contributed by atoms with Crippen molar-refractivity contribution in [2.45, 2.75) is 103 Å². The van der Waals surface area contributed by atoms with Gasteiger partial charge in [-0.15, -0.1) is 0 Å². The molecule has 2 amide bonds. The highest BCUT2D eigenvalue weighted by Crippen LogP contribution is 2.33. The van der Waals surface area contributed by atoms with E-state index in [0.717, 1.165) is 42.8 Å². The fourth-order valence-corrected chi connectivity index (χ4v) is 6.16. The van der Waals surface area contributed by atoms with Crippen LogP contribution in [0.3, 0.4) is 0 Å². The summed E-state index contributed by atoms with van der Waals surface area (Å²) in [7, 11) is 0. The lowest BCUT2D eigenvalue weighted by atomic mass is 9.89. The third-order valence-electron chi connectivity index (χ3n) is 6.87. The minimum Gasteiger partial charge on any atom is -0.319 e. The molecule has 32 heavy (non-hydrogen) atoms. The number of anilines is 1. The van der Waals surface area contributed by atoms with Crippen LogP contribution in [0.1, 0.15) is 89.3 Å². The number of hydrogen-bond acceptors (Lipinski definition) is 4. The largest absolute Gasteiger partial charge is 0.324 e. The van der Waals surface area contributed by atoms with Gasteiger partial charge in [-0.3, -0.25) is 10.1 Å². The molecule has 6 nitrogen and oxygen atoms in total. The first kappa shape index (κ1) is 23.0. The number of carbonyl (C=O) groups excluding carboxylic acids is 2. The van der Waals surface area contributed by atoms with Gasteiger partial charge in [-0.25, -0.2) is 9.78 Å². The highest BCUT2D eigenvalue weighted by atomic mass is 32.1. The number of Topliss-reactive ketones (excluding diaryl/α,β-unsaturated/α-hetero) is 1. The van der Waals surface area contributed by atoms with E-state index in [0.29, 0.717) is 17.2 Å². The molecule has 0 spiro atoms. The van der Waals surface area contributed by atoms with E-state index in [1.54, 1.807) is 6.92 Å². The molecule has 2 heterocycles. The van der Waals surface area contributed by atoms with Crippen molar-refractivity contribution in [3.63, 3.8) is 0 Å². The Bertz CT molecular complexity index is 904. The zero-order valence-corrected chi connectivity index (χ0v) is 20.3. The van der Waals surface area contributed by atoms with E-state index in [2.05, 4.69) is 29.4 Å². The highest BCUT2D eigenvalue weighted by molar-refractivity contribution is 7.18. The molecule has 0 radical (unpaired) electrons. The maximum absolute atomic E-state index is 13.5. The molecule has 2 saturated carbocycles. The summed E-state index contributed by atoms with van der Waals surface area (Å²) >= 11 is 1.46. The Morgan fingerprint density at radius 2 is 1.72 bits per heavy atom. The van der Waals surface area contributed by atoms with E-state index in [1.807, 2.05) is 10.8 Å². The van der Waals surface area contributed by atoms with Gasteiger partial charge in [0.05, 0.1) is 12.1 Å². The first-order chi connectivity index (χ1) is 15.5. The molecule has 4 rings (SSSR count). The lowest BCUT2D eigenvalue weighted by Crippen LogP contribution is -2.50. The van der Waals surface area contributed by atoms with Crippen LogP contribution in [0, 0.1) is 0 Å². The predicted molar refractivity (Wildman–Crippen MR) is 130 cm³/mol. The van der Waals surface area contributed by atoms with Crippen LogP contribution in [0.2, 0.25) is 0 Å². The summed E-state index contributed by atoms with van der Waals surface area (Å²) in [4.78, 5) is 32.3. The molecule has 2 aliphatic carbocycles. The minimum absolute atomic E-state index is 0.0137. The number of thiazole rings is 1. The van der Waals surface area contributed by atoms with Gasteiger partial charge in [0.2, 0.25) is 0 Å². The Labute approximate surface area is 195 Å².